The van der Waals surface area contributed by atoms with Gasteiger partial charge in [0.15, 0.2) is 11.1 Å². The minimum atomic E-state index is -1.26. The van der Waals surface area contributed by atoms with Gasteiger partial charge in [-0.05, 0) is 18.0 Å². The number of amides is 2. The first-order valence-corrected chi connectivity index (χ1v) is 7.90. The summed E-state index contributed by atoms with van der Waals surface area (Å²) in [6.45, 7) is 3.59. The standard InChI is InChI=1S/C12H18N2O5S2/c1-3-21-9-6-8(16)14(9)10(11(17)18)12(20)19-5-4-13-7(2)15/h9-10H,3-6H2,1-2H3,(H,13,15)(H,17,18). The highest BCUT2D eigenvalue weighted by Crippen LogP contribution is 2.32. The molecule has 1 saturated heterocycles. The molecule has 1 fully saturated rings. The van der Waals surface area contributed by atoms with Crippen LogP contribution < -0.4 is 5.32 Å². The zero-order valence-electron chi connectivity index (χ0n) is 11.8. The Hall–Kier alpha value is -1.35. The van der Waals surface area contributed by atoms with E-state index in [1.807, 2.05) is 6.92 Å². The number of likely N-dealkylation sites (tertiary alicyclic amines) is 1. The van der Waals surface area contributed by atoms with E-state index in [0.29, 0.717) is 6.42 Å². The number of carbonyl (C=O) groups excluding carboxylic acids is 2. The van der Waals surface area contributed by atoms with Crippen molar-refractivity contribution in [1.29, 1.82) is 0 Å². The van der Waals surface area contributed by atoms with E-state index < -0.39 is 12.0 Å². The lowest BCUT2D eigenvalue weighted by Crippen LogP contribution is -2.61. The lowest BCUT2D eigenvalue weighted by atomic mass is 10.1. The summed E-state index contributed by atoms with van der Waals surface area (Å²) in [6.07, 6.45) is 0.316. The molecule has 21 heavy (non-hydrogen) atoms. The number of hydrogen-bond donors (Lipinski definition) is 2. The summed E-state index contributed by atoms with van der Waals surface area (Å²) >= 11 is 6.47. The minimum Gasteiger partial charge on any atom is -0.483 e. The molecule has 2 unspecified atom stereocenters. The van der Waals surface area contributed by atoms with Gasteiger partial charge in [-0.15, -0.1) is 11.8 Å². The lowest BCUT2D eigenvalue weighted by molar-refractivity contribution is -0.154. The van der Waals surface area contributed by atoms with Gasteiger partial charge in [0.2, 0.25) is 11.8 Å². The van der Waals surface area contributed by atoms with Crippen LogP contribution in [-0.2, 0) is 19.1 Å². The summed E-state index contributed by atoms with van der Waals surface area (Å²) in [5, 5.41) is 11.5. The van der Waals surface area contributed by atoms with E-state index in [0.717, 1.165) is 5.75 Å². The third kappa shape index (κ3) is 4.85. The van der Waals surface area contributed by atoms with Crippen LogP contribution >= 0.6 is 24.0 Å². The Bertz CT molecular complexity index is 443. The van der Waals surface area contributed by atoms with E-state index in [1.54, 1.807) is 0 Å². The molecule has 0 spiro atoms. The van der Waals surface area contributed by atoms with Crippen molar-refractivity contribution < 1.29 is 24.2 Å². The van der Waals surface area contributed by atoms with Gasteiger partial charge in [0.25, 0.3) is 0 Å². The van der Waals surface area contributed by atoms with Crippen LogP contribution in [0.1, 0.15) is 20.3 Å². The van der Waals surface area contributed by atoms with Crippen LogP contribution in [0.5, 0.6) is 0 Å². The quantitative estimate of drug-likeness (QED) is 0.373. The highest BCUT2D eigenvalue weighted by Gasteiger charge is 2.46. The number of carbonyl (C=O) groups is 3. The van der Waals surface area contributed by atoms with Gasteiger partial charge < -0.3 is 20.1 Å². The van der Waals surface area contributed by atoms with Crippen molar-refractivity contribution in [2.24, 2.45) is 0 Å². The smallest absolute Gasteiger partial charge is 0.335 e. The van der Waals surface area contributed by atoms with Crippen LogP contribution in [0.15, 0.2) is 0 Å². The van der Waals surface area contributed by atoms with Crippen molar-refractivity contribution in [3.8, 4) is 0 Å². The largest absolute Gasteiger partial charge is 0.483 e. The maximum absolute atomic E-state index is 11.7. The molecular formula is C12H18N2O5S2. The van der Waals surface area contributed by atoms with E-state index in [4.69, 9.17) is 17.0 Å². The third-order valence-corrected chi connectivity index (χ3v) is 4.22. The molecule has 0 bridgehead atoms. The van der Waals surface area contributed by atoms with Crippen LogP contribution in [0.3, 0.4) is 0 Å². The van der Waals surface area contributed by atoms with Gasteiger partial charge in [-0.2, -0.15) is 0 Å². The molecular weight excluding hydrogens is 316 g/mol. The van der Waals surface area contributed by atoms with Crippen molar-refractivity contribution in [3.63, 3.8) is 0 Å². The predicted molar refractivity (Wildman–Crippen MR) is 82.0 cm³/mol. The molecule has 0 saturated carbocycles. The molecule has 1 aliphatic heterocycles. The molecule has 0 aliphatic carbocycles. The fourth-order valence-corrected chi connectivity index (χ4v) is 3.18. The molecule has 1 aliphatic rings. The van der Waals surface area contributed by atoms with Crippen LogP contribution in [0.4, 0.5) is 0 Å². The number of nitrogens with one attached hydrogen (secondary N) is 1. The maximum Gasteiger partial charge on any atom is 0.335 e. The topological polar surface area (TPSA) is 95.9 Å². The molecule has 0 aromatic heterocycles. The van der Waals surface area contributed by atoms with Crippen LogP contribution in [0.25, 0.3) is 0 Å². The van der Waals surface area contributed by atoms with Crippen molar-refractivity contribution in [1.82, 2.24) is 10.2 Å². The molecule has 0 radical (unpaired) electrons. The van der Waals surface area contributed by atoms with Crippen molar-refractivity contribution in [2.45, 2.75) is 31.7 Å². The van der Waals surface area contributed by atoms with E-state index >= 15 is 0 Å². The average Bonchev–Trinajstić information content (AvgIpc) is 2.39. The van der Waals surface area contributed by atoms with E-state index in [9.17, 15) is 19.5 Å². The summed E-state index contributed by atoms with van der Waals surface area (Å²) < 4.78 is 5.18. The first kappa shape index (κ1) is 17.7. The SMILES string of the molecule is CCSC1CC(=O)N1C(C(=O)O)C(=S)OCCNC(C)=O. The Morgan fingerprint density at radius 1 is 1.62 bits per heavy atom. The summed E-state index contributed by atoms with van der Waals surface area (Å²) in [5.41, 5.74) is 0. The Morgan fingerprint density at radius 2 is 2.29 bits per heavy atom. The molecule has 0 aromatic carbocycles. The first-order chi connectivity index (χ1) is 9.88. The van der Waals surface area contributed by atoms with Gasteiger partial charge >= 0.3 is 5.97 Å². The summed E-state index contributed by atoms with van der Waals surface area (Å²) in [4.78, 5) is 35.0. The molecule has 1 heterocycles. The zero-order chi connectivity index (χ0) is 16.0. The van der Waals surface area contributed by atoms with Gasteiger partial charge in [0.1, 0.15) is 6.61 Å². The molecule has 118 valence electrons. The Labute approximate surface area is 132 Å². The Balaban J connectivity index is 2.60. The van der Waals surface area contributed by atoms with Gasteiger partial charge in [0, 0.05) is 6.92 Å². The fraction of sp³-hybridized carbons (Fsp3) is 0.667. The number of carboxylic acids is 1. The molecule has 7 nitrogen and oxygen atoms in total. The summed E-state index contributed by atoms with van der Waals surface area (Å²) in [5.74, 6) is -0.899. The van der Waals surface area contributed by atoms with Crippen molar-refractivity contribution >= 4 is 46.8 Å². The highest BCUT2D eigenvalue weighted by atomic mass is 32.2. The van der Waals surface area contributed by atoms with Crippen LogP contribution in [-0.4, -0.2) is 63.2 Å². The molecule has 2 atom stereocenters. The second kappa shape index (κ2) is 8.18. The Morgan fingerprint density at radius 3 is 2.76 bits per heavy atom. The minimum absolute atomic E-state index is 0.0653. The molecule has 1 rings (SSSR count). The molecule has 2 amide bonds. The van der Waals surface area contributed by atoms with Crippen LogP contribution in [0.2, 0.25) is 0 Å². The highest BCUT2D eigenvalue weighted by molar-refractivity contribution is 7.99. The monoisotopic (exact) mass is 334 g/mol. The zero-order valence-corrected chi connectivity index (χ0v) is 13.5. The number of rotatable bonds is 8. The lowest BCUT2D eigenvalue weighted by Gasteiger charge is -2.43. The van der Waals surface area contributed by atoms with Gasteiger partial charge in [0.05, 0.1) is 18.3 Å². The van der Waals surface area contributed by atoms with Gasteiger partial charge in [-0.1, -0.05) is 6.92 Å². The number of β-lactam (4-membered cyclic amide) rings is 1. The normalized spacial score (nSPS) is 18.7. The van der Waals surface area contributed by atoms with Gasteiger partial charge in [-0.25, -0.2) is 4.79 Å². The number of nitrogens with zero attached hydrogens (tertiary/aromatic N) is 1. The van der Waals surface area contributed by atoms with Crippen molar-refractivity contribution in [2.75, 3.05) is 18.9 Å². The number of thiocarbonyl (C=S) groups is 1. The molecule has 2 N–H and O–H groups in total. The van der Waals surface area contributed by atoms with E-state index in [1.165, 1.54) is 23.6 Å². The number of hydrogen-bond acceptors (Lipinski definition) is 6. The Kier molecular flexibility index (Phi) is 6.90. The average molecular weight is 334 g/mol. The third-order valence-electron chi connectivity index (χ3n) is 2.76. The predicted octanol–water partition coefficient (Wildman–Crippen LogP) is 0.231. The fourth-order valence-electron chi connectivity index (χ4n) is 1.83. The van der Waals surface area contributed by atoms with E-state index in [2.05, 4.69) is 5.32 Å². The summed E-state index contributed by atoms with van der Waals surface area (Å²) in [6, 6.07) is -1.26. The second-order valence-corrected chi connectivity index (χ2v) is 6.16. The molecule has 9 heteroatoms. The summed E-state index contributed by atoms with van der Waals surface area (Å²) in [7, 11) is 0. The first-order valence-electron chi connectivity index (χ1n) is 6.45. The molecule has 0 aromatic rings. The van der Waals surface area contributed by atoms with Gasteiger partial charge in [-0.3, -0.25) is 9.59 Å². The number of carboxylic acid groups (broad SMARTS) is 1. The number of ether oxygens (including phenoxy) is 1. The number of aliphatic carboxylic acids is 1. The second-order valence-electron chi connectivity index (χ2n) is 4.31. The van der Waals surface area contributed by atoms with Crippen molar-refractivity contribution in [3.05, 3.63) is 0 Å². The van der Waals surface area contributed by atoms with E-state index in [-0.39, 0.29) is 35.4 Å². The maximum atomic E-state index is 11.7. The van der Waals surface area contributed by atoms with Crippen LogP contribution in [0, 0.1) is 0 Å². The number of thioether (sulfide) groups is 1.